The van der Waals surface area contributed by atoms with Gasteiger partial charge in [-0.2, -0.15) is 0 Å². The minimum Gasteiger partial charge on any atom is -0.493 e. The van der Waals surface area contributed by atoms with Crippen LogP contribution in [0.15, 0.2) is 97.1 Å². The summed E-state index contributed by atoms with van der Waals surface area (Å²) in [5.41, 5.74) is 3.38. The molecule has 0 unspecified atom stereocenters. The molecule has 3 aromatic rings. The first-order valence-electron chi connectivity index (χ1n) is 15.5. The van der Waals surface area contributed by atoms with Crippen molar-refractivity contribution in [2.24, 2.45) is 0 Å². The van der Waals surface area contributed by atoms with Crippen molar-refractivity contribution in [3.63, 3.8) is 0 Å². The number of likely N-dealkylation sites (tertiary alicyclic amines) is 1. The molecule has 1 aliphatic rings. The first kappa shape index (κ1) is 32.1. The molecule has 1 saturated heterocycles. The zero-order chi connectivity index (χ0) is 30.1. The summed E-state index contributed by atoms with van der Waals surface area (Å²) in [5, 5.41) is 0. The Labute approximate surface area is 256 Å². The van der Waals surface area contributed by atoms with E-state index in [9.17, 15) is 4.79 Å². The van der Waals surface area contributed by atoms with E-state index in [-0.39, 0.29) is 18.2 Å². The van der Waals surface area contributed by atoms with E-state index >= 15 is 0 Å². The lowest BCUT2D eigenvalue weighted by atomic mass is 10.00. The molecule has 6 nitrogen and oxygen atoms in total. The predicted octanol–water partition coefficient (Wildman–Crippen LogP) is 7.65. The zero-order valence-electron chi connectivity index (χ0n) is 25.5. The van der Waals surface area contributed by atoms with Crippen molar-refractivity contribution in [3.05, 3.63) is 114 Å². The Bertz CT molecular complexity index is 1240. The highest BCUT2D eigenvalue weighted by molar-refractivity contribution is 5.82. The summed E-state index contributed by atoms with van der Waals surface area (Å²) in [6.45, 7) is 6.08. The normalized spacial score (nSPS) is 14.5. The first-order chi connectivity index (χ1) is 21.2. The van der Waals surface area contributed by atoms with Gasteiger partial charge in [-0.25, -0.2) is 4.79 Å². The lowest BCUT2D eigenvalue weighted by Gasteiger charge is -2.34. The van der Waals surface area contributed by atoms with Crippen LogP contribution in [0.25, 0.3) is 6.08 Å². The number of hydrogen-bond acceptors (Lipinski definition) is 6. The number of hydrogen-bond donors (Lipinski definition) is 0. The van der Waals surface area contributed by atoms with Crippen LogP contribution in [0.1, 0.15) is 61.8 Å². The molecular formula is C37H45NO5. The van der Waals surface area contributed by atoms with E-state index in [4.69, 9.17) is 18.9 Å². The molecule has 4 rings (SSSR count). The minimum absolute atomic E-state index is 0.0230. The average molecular weight is 584 g/mol. The number of carbonyl (C=O) groups excluding carboxylic acids is 1. The minimum atomic E-state index is -0.348. The van der Waals surface area contributed by atoms with Gasteiger partial charge >= 0.3 is 5.97 Å². The van der Waals surface area contributed by atoms with Gasteiger partial charge in [0.05, 0.1) is 26.4 Å². The largest absolute Gasteiger partial charge is 0.493 e. The van der Waals surface area contributed by atoms with Gasteiger partial charge in [-0.1, -0.05) is 85.0 Å². The lowest BCUT2D eigenvalue weighted by molar-refractivity contribution is -0.137. The highest BCUT2D eigenvalue weighted by Crippen LogP contribution is 2.31. The van der Waals surface area contributed by atoms with E-state index in [1.807, 2.05) is 24.3 Å². The molecule has 0 atom stereocenters. The van der Waals surface area contributed by atoms with Crippen LogP contribution < -0.4 is 9.47 Å². The number of carbonyl (C=O) groups is 1. The van der Waals surface area contributed by atoms with Gasteiger partial charge in [0.15, 0.2) is 11.5 Å². The maximum Gasteiger partial charge on any atom is 0.330 e. The number of esters is 1. The van der Waals surface area contributed by atoms with Gasteiger partial charge in [-0.15, -0.1) is 0 Å². The third-order valence-electron chi connectivity index (χ3n) is 7.55. The van der Waals surface area contributed by atoms with E-state index in [2.05, 4.69) is 65.6 Å². The van der Waals surface area contributed by atoms with Crippen LogP contribution in [0.3, 0.4) is 0 Å². The topological polar surface area (TPSA) is 57.2 Å². The van der Waals surface area contributed by atoms with Crippen molar-refractivity contribution in [1.29, 1.82) is 0 Å². The van der Waals surface area contributed by atoms with Crippen LogP contribution in [0.4, 0.5) is 0 Å². The lowest BCUT2D eigenvalue weighted by Crippen LogP contribution is -2.38. The number of rotatable bonds is 16. The average Bonchev–Trinajstić information content (AvgIpc) is 3.05. The van der Waals surface area contributed by atoms with E-state index < -0.39 is 0 Å². The molecule has 0 saturated carbocycles. The quantitative estimate of drug-likeness (QED) is 0.0747. The molecule has 0 bridgehead atoms. The Morgan fingerprint density at radius 3 is 2.23 bits per heavy atom. The third-order valence-corrected chi connectivity index (χ3v) is 7.55. The zero-order valence-corrected chi connectivity index (χ0v) is 25.5. The van der Waals surface area contributed by atoms with Gasteiger partial charge in [0.2, 0.25) is 0 Å². The van der Waals surface area contributed by atoms with Crippen molar-refractivity contribution in [3.8, 4) is 11.5 Å². The number of unbranched alkanes of at least 4 members (excludes halogenated alkanes) is 2. The fourth-order valence-electron chi connectivity index (χ4n) is 5.26. The molecule has 0 aliphatic carbocycles. The maximum atomic E-state index is 11.4. The van der Waals surface area contributed by atoms with E-state index in [0.717, 1.165) is 63.1 Å². The van der Waals surface area contributed by atoms with Crippen LogP contribution in [-0.4, -0.2) is 56.9 Å². The van der Waals surface area contributed by atoms with E-state index in [1.165, 1.54) is 17.2 Å². The molecule has 0 spiro atoms. The van der Waals surface area contributed by atoms with Gasteiger partial charge < -0.3 is 23.8 Å². The Morgan fingerprint density at radius 2 is 1.58 bits per heavy atom. The van der Waals surface area contributed by atoms with Crippen molar-refractivity contribution in [1.82, 2.24) is 4.90 Å². The summed E-state index contributed by atoms with van der Waals surface area (Å²) >= 11 is 0. The van der Waals surface area contributed by atoms with Gasteiger partial charge in [0.1, 0.15) is 6.10 Å². The molecule has 0 N–H and O–H groups in total. The van der Waals surface area contributed by atoms with Crippen LogP contribution in [0, 0.1) is 0 Å². The van der Waals surface area contributed by atoms with Gasteiger partial charge in [0.25, 0.3) is 0 Å². The highest BCUT2D eigenvalue weighted by atomic mass is 16.5. The summed E-state index contributed by atoms with van der Waals surface area (Å²) in [7, 11) is 1.65. The summed E-state index contributed by atoms with van der Waals surface area (Å²) in [6.07, 6.45) is 12.4. The smallest absolute Gasteiger partial charge is 0.330 e. The summed E-state index contributed by atoms with van der Waals surface area (Å²) < 4.78 is 23.1. The molecule has 6 heteroatoms. The standard InChI is InChI=1S/C37H45NO5/c1-3-41-36(39)20-12-11-15-30-21-22-34(35(29-30)40-2)42-28-14-6-13-25-38-26-23-33(24-27-38)43-37(31-16-7-4-8-17-31)32-18-9-5-10-19-32/h4-5,7-12,15-22,29,33,37H,3,6,13-14,23-28H2,1-2H3. The highest BCUT2D eigenvalue weighted by Gasteiger charge is 2.24. The van der Waals surface area contributed by atoms with Crippen LogP contribution in [0.2, 0.25) is 0 Å². The number of ether oxygens (including phenoxy) is 4. The maximum absolute atomic E-state index is 11.4. The van der Waals surface area contributed by atoms with Crippen LogP contribution in [0.5, 0.6) is 11.5 Å². The number of allylic oxidation sites excluding steroid dienone is 2. The molecular weight excluding hydrogens is 538 g/mol. The van der Waals surface area contributed by atoms with Crippen molar-refractivity contribution >= 4 is 12.0 Å². The molecule has 3 aromatic carbocycles. The van der Waals surface area contributed by atoms with Gasteiger partial charge in [-0.3, -0.25) is 0 Å². The second-order valence-electron chi connectivity index (χ2n) is 10.7. The number of piperidine rings is 1. The summed E-state index contributed by atoms with van der Waals surface area (Å²) in [4.78, 5) is 14.0. The van der Waals surface area contributed by atoms with E-state index in [0.29, 0.717) is 19.0 Å². The van der Waals surface area contributed by atoms with Crippen molar-refractivity contribution < 1.29 is 23.7 Å². The Kier molecular flexibility index (Phi) is 13.4. The summed E-state index contributed by atoms with van der Waals surface area (Å²) in [6, 6.07) is 26.9. The van der Waals surface area contributed by atoms with Crippen LogP contribution >= 0.6 is 0 Å². The fourth-order valence-corrected chi connectivity index (χ4v) is 5.26. The SMILES string of the molecule is CCOC(=O)C=CC=Cc1ccc(OCCCCCN2CCC(OC(c3ccccc3)c3ccccc3)CC2)c(OC)c1. The molecule has 1 aliphatic heterocycles. The number of benzene rings is 3. The molecule has 0 aromatic heterocycles. The Hall–Kier alpha value is -3.87. The van der Waals surface area contributed by atoms with E-state index in [1.54, 1.807) is 26.2 Å². The van der Waals surface area contributed by atoms with Gasteiger partial charge in [0, 0.05) is 19.2 Å². The Balaban J connectivity index is 1.13. The second-order valence-corrected chi connectivity index (χ2v) is 10.7. The third kappa shape index (κ3) is 10.7. The van der Waals surface area contributed by atoms with Crippen LogP contribution in [-0.2, 0) is 14.3 Å². The number of nitrogens with zero attached hydrogens (tertiary/aromatic N) is 1. The molecule has 228 valence electrons. The molecule has 43 heavy (non-hydrogen) atoms. The monoisotopic (exact) mass is 583 g/mol. The number of methoxy groups -OCH3 is 1. The molecule has 0 radical (unpaired) electrons. The Morgan fingerprint density at radius 1 is 0.884 bits per heavy atom. The molecule has 1 heterocycles. The molecule has 1 fully saturated rings. The predicted molar refractivity (Wildman–Crippen MR) is 172 cm³/mol. The second kappa shape index (κ2) is 17.9. The first-order valence-corrected chi connectivity index (χ1v) is 15.5. The fraction of sp³-hybridized carbons (Fsp3) is 0.378. The molecule has 0 amide bonds. The van der Waals surface area contributed by atoms with Crippen molar-refractivity contribution in [2.75, 3.05) is 40.0 Å². The van der Waals surface area contributed by atoms with Crippen molar-refractivity contribution in [2.45, 2.75) is 51.2 Å². The van der Waals surface area contributed by atoms with Gasteiger partial charge in [-0.05, 0) is 74.4 Å². The summed E-state index contributed by atoms with van der Waals surface area (Å²) in [5.74, 6) is 1.09.